The predicted octanol–water partition coefficient (Wildman–Crippen LogP) is 2.34. The van der Waals surface area contributed by atoms with Crippen molar-refractivity contribution in [3.05, 3.63) is 0 Å². The Morgan fingerprint density at radius 2 is 1.50 bits per heavy atom. The number of alkyl halides is 2. The van der Waals surface area contributed by atoms with Gasteiger partial charge in [0.05, 0.1) is 13.3 Å². The Kier molecular flexibility index (Phi) is 4.92. The topological polar surface area (TPSA) is 0 Å². The van der Waals surface area contributed by atoms with Crippen molar-refractivity contribution in [3.8, 4) is 0 Å². The van der Waals surface area contributed by atoms with E-state index in [1.165, 1.54) is 0 Å². The molecule has 0 aliphatic rings. The summed E-state index contributed by atoms with van der Waals surface area (Å²) in [4.78, 5) is 0. The van der Waals surface area contributed by atoms with Gasteiger partial charge >= 0.3 is 0 Å². The van der Waals surface area contributed by atoms with Crippen LogP contribution in [0, 0.1) is 5.92 Å². The van der Waals surface area contributed by atoms with Gasteiger partial charge in [-0.1, -0.05) is 6.92 Å². The van der Waals surface area contributed by atoms with Gasteiger partial charge in [0, 0.05) is 0 Å². The van der Waals surface area contributed by atoms with Crippen molar-refractivity contribution in [2.24, 2.45) is 5.92 Å². The van der Waals surface area contributed by atoms with Crippen molar-refractivity contribution in [3.63, 3.8) is 0 Å². The molecule has 0 aromatic rings. The van der Waals surface area contributed by atoms with E-state index in [-0.39, 0.29) is 19.3 Å². The molecule has 0 rings (SSSR count). The molecule has 8 heavy (non-hydrogen) atoms. The zero-order chi connectivity index (χ0) is 6.41. The third-order valence-corrected chi connectivity index (χ3v) is 1.20. The van der Waals surface area contributed by atoms with Crippen LogP contribution in [-0.4, -0.2) is 13.3 Å². The highest BCUT2D eigenvalue weighted by atomic mass is 19.1. The van der Waals surface area contributed by atoms with E-state index < -0.39 is 0 Å². The van der Waals surface area contributed by atoms with E-state index >= 15 is 0 Å². The Morgan fingerprint density at radius 1 is 1.12 bits per heavy atom. The molecule has 0 atom stereocenters. The van der Waals surface area contributed by atoms with Gasteiger partial charge in [0.2, 0.25) is 0 Å². The molecule has 0 nitrogen and oxygen atoms in total. The van der Waals surface area contributed by atoms with Gasteiger partial charge in [0.25, 0.3) is 0 Å². The molecule has 2 heteroatoms. The first-order valence-corrected chi connectivity index (χ1v) is 2.93. The van der Waals surface area contributed by atoms with Crippen molar-refractivity contribution in [2.45, 2.75) is 19.8 Å². The summed E-state index contributed by atoms with van der Waals surface area (Å²) in [6, 6.07) is 0. The smallest absolute Gasteiger partial charge is 0.0897 e. The van der Waals surface area contributed by atoms with Crippen molar-refractivity contribution in [1.82, 2.24) is 0 Å². The standard InChI is InChI=1S/C6H12F2/c1-6(2-4-7)3-5-8/h6H,2-5H2,1H3. The maximum Gasteiger partial charge on any atom is 0.0897 e. The number of hydrogen-bond donors (Lipinski definition) is 0. The van der Waals surface area contributed by atoms with Gasteiger partial charge < -0.3 is 0 Å². The maximum atomic E-state index is 11.4. The van der Waals surface area contributed by atoms with Crippen molar-refractivity contribution in [1.29, 1.82) is 0 Å². The van der Waals surface area contributed by atoms with E-state index in [9.17, 15) is 8.78 Å². The summed E-state index contributed by atoms with van der Waals surface area (Å²) in [5, 5.41) is 0. The van der Waals surface area contributed by atoms with Crippen molar-refractivity contribution < 1.29 is 8.78 Å². The minimum Gasteiger partial charge on any atom is -0.251 e. The third kappa shape index (κ3) is 4.03. The first-order valence-electron chi connectivity index (χ1n) is 2.93. The van der Waals surface area contributed by atoms with E-state index in [1.54, 1.807) is 0 Å². The molecule has 0 radical (unpaired) electrons. The van der Waals surface area contributed by atoms with Crippen molar-refractivity contribution in [2.75, 3.05) is 13.3 Å². The van der Waals surface area contributed by atoms with Gasteiger partial charge in [-0.3, -0.25) is 8.78 Å². The average Bonchev–Trinajstić information content (AvgIpc) is 1.68. The van der Waals surface area contributed by atoms with Crippen LogP contribution in [0.15, 0.2) is 0 Å². The van der Waals surface area contributed by atoms with Crippen LogP contribution in [0.3, 0.4) is 0 Å². The van der Waals surface area contributed by atoms with Gasteiger partial charge in [-0.2, -0.15) is 0 Å². The lowest BCUT2D eigenvalue weighted by Gasteiger charge is -2.02. The summed E-state index contributed by atoms with van der Waals surface area (Å²) < 4.78 is 22.9. The number of rotatable bonds is 4. The lowest BCUT2D eigenvalue weighted by atomic mass is 10.1. The highest BCUT2D eigenvalue weighted by Crippen LogP contribution is 2.06. The molecule has 0 saturated heterocycles. The Balaban J connectivity index is 2.92. The van der Waals surface area contributed by atoms with Crippen LogP contribution in [0.5, 0.6) is 0 Å². The Bertz CT molecular complexity index is 39.8. The molecule has 0 fully saturated rings. The van der Waals surface area contributed by atoms with Gasteiger partial charge in [-0.25, -0.2) is 0 Å². The molecule has 0 aliphatic heterocycles. The van der Waals surface area contributed by atoms with Gasteiger partial charge in [-0.15, -0.1) is 0 Å². The number of halogens is 2. The highest BCUT2D eigenvalue weighted by Gasteiger charge is 1.98. The van der Waals surface area contributed by atoms with Crippen LogP contribution >= 0.6 is 0 Å². The second-order valence-electron chi connectivity index (χ2n) is 2.06. The largest absolute Gasteiger partial charge is 0.251 e. The second-order valence-corrected chi connectivity index (χ2v) is 2.06. The average molecular weight is 122 g/mol. The fraction of sp³-hybridized carbons (Fsp3) is 1.00. The van der Waals surface area contributed by atoms with Crippen LogP contribution in [0.25, 0.3) is 0 Å². The quantitative estimate of drug-likeness (QED) is 0.537. The zero-order valence-corrected chi connectivity index (χ0v) is 5.16. The summed E-state index contributed by atoms with van der Waals surface area (Å²) in [5.41, 5.74) is 0. The minimum absolute atomic E-state index is 0.213. The molecule has 0 unspecified atom stereocenters. The van der Waals surface area contributed by atoms with Gasteiger partial charge in [-0.05, 0) is 18.8 Å². The Labute approximate surface area is 48.9 Å². The summed E-state index contributed by atoms with van der Waals surface area (Å²) in [6.45, 7) is 1.22. The summed E-state index contributed by atoms with van der Waals surface area (Å²) in [5.74, 6) is 0.213. The molecule has 0 aromatic carbocycles. The fourth-order valence-corrected chi connectivity index (χ4v) is 0.517. The van der Waals surface area contributed by atoms with E-state index in [1.807, 2.05) is 6.92 Å². The monoisotopic (exact) mass is 122 g/mol. The zero-order valence-electron chi connectivity index (χ0n) is 5.16. The van der Waals surface area contributed by atoms with Crippen LogP contribution in [0.4, 0.5) is 8.78 Å². The molecular weight excluding hydrogens is 110 g/mol. The molecule has 0 saturated carbocycles. The fourth-order valence-electron chi connectivity index (χ4n) is 0.517. The van der Waals surface area contributed by atoms with E-state index in [0.717, 1.165) is 0 Å². The summed E-state index contributed by atoms with van der Waals surface area (Å²) in [6.07, 6.45) is 1.01. The van der Waals surface area contributed by atoms with Gasteiger partial charge in [0.1, 0.15) is 0 Å². The molecule has 0 aliphatic carbocycles. The molecule has 0 spiro atoms. The highest BCUT2D eigenvalue weighted by molar-refractivity contribution is 4.49. The molecule has 50 valence electrons. The lowest BCUT2D eigenvalue weighted by Crippen LogP contribution is -1.96. The number of hydrogen-bond acceptors (Lipinski definition) is 0. The SMILES string of the molecule is CC(CCF)CCF. The predicted molar refractivity (Wildman–Crippen MR) is 30.3 cm³/mol. The van der Waals surface area contributed by atoms with Crippen LogP contribution in [-0.2, 0) is 0 Å². The first kappa shape index (κ1) is 7.86. The lowest BCUT2D eigenvalue weighted by molar-refractivity contribution is 0.350. The summed E-state index contributed by atoms with van der Waals surface area (Å²) in [7, 11) is 0. The normalized spacial score (nSPS) is 10.5. The Morgan fingerprint density at radius 3 is 1.75 bits per heavy atom. The van der Waals surface area contributed by atoms with E-state index in [0.29, 0.717) is 12.8 Å². The Hall–Kier alpha value is -0.140. The minimum atomic E-state index is -0.318. The molecule has 0 N–H and O–H groups in total. The molecule has 0 bridgehead atoms. The second kappa shape index (κ2) is 5.01. The maximum absolute atomic E-state index is 11.4. The van der Waals surface area contributed by atoms with Crippen molar-refractivity contribution >= 4 is 0 Å². The molecule has 0 aromatic heterocycles. The third-order valence-electron chi connectivity index (χ3n) is 1.20. The van der Waals surface area contributed by atoms with E-state index in [2.05, 4.69) is 0 Å². The molecular formula is C6H12F2. The summed E-state index contributed by atoms with van der Waals surface area (Å²) >= 11 is 0. The van der Waals surface area contributed by atoms with Crippen LogP contribution in [0.2, 0.25) is 0 Å². The molecule has 0 amide bonds. The first-order chi connectivity index (χ1) is 3.81. The van der Waals surface area contributed by atoms with Gasteiger partial charge in [0.15, 0.2) is 0 Å². The molecule has 0 heterocycles. The van der Waals surface area contributed by atoms with Crippen LogP contribution < -0.4 is 0 Å². The van der Waals surface area contributed by atoms with Crippen LogP contribution in [0.1, 0.15) is 19.8 Å². The van der Waals surface area contributed by atoms with E-state index in [4.69, 9.17) is 0 Å².